The molecule has 5 heteroatoms. The van der Waals surface area contributed by atoms with Crippen LogP contribution < -0.4 is 10.6 Å². The molecule has 5 nitrogen and oxygen atoms in total. The molecule has 3 rings (SSSR count). The molecule has 2 aliphatic heterocycles. The number of aryl methyl sites for hydroxylation is 1. The number of piperidine rings is 2. The van der Waals surface area contributed by atoms with Crippen LogP contribution in [0.1, 0.15) is 41.6 Å². The number of nitrogens with zero attached hydrogens (tertiary/aromatic N) is 1. The molecule has 2 amide bonds. The molecule has 2 heterocycles. The lowest BCUT2D eigenvalue weighted by atomic mass is 9.96. The summed E-state index contributed by atoms with van der Waals surface area (Å²) in [4.78, 5) is 26.9. The smallest absolute Gasteiger partial charge is 0.251 e. The molecule has 130 valence electrons. The van der Waals surface area contributed by atoms with Gasteiger partial charge >= 0.3 is 0 Å². The van der Waals surface area contributed by atoms with Gasteiger partial charge in [-0.1, -0.05) is 18.2 Å². The topological polar surface area (TPSA) is 61.4 Å². The third-order valence-electron chi connectivity index (χ3n) is 5.18. The predicted octanol–water partition coefficient (Wildman–Crippen LogP) is 1.72. The number of hydrogen-bond donors (Lipinski definition) is 2. The van der Waals surface area contributed by atoms with E-state index in [4.69, 9.17) is 0 Å². The fourth-order valence-electron chi connectivity index (χ4n) is 3.66. The standard InChI is InChI=1S/C19H27N3O2/c1-14-5-2-3-7-17(14)18(23)21-16-8-11-22(12-9-16)19(24)15-6-4-10-20-13-15/h2-3,5,7,15-16,20H,4,6,8-13H2,1H3,(H,21,23). The maximum atomic E-state index is 12.5. The Morgan fingerprint density at radius 3 is 2.58 bits per heavy atom. The van der Waals surface area contributed by atoms with E-state index in [1.807, 2.05) is 36.1 Å². The number of hydrogen-bond acceptors (Lipinski definition) is 3. The van der Waals surface area contributed by atoms with Crippen LogP contribution in [-0.2, 0) is 4.79 Å². The molecule has 1 aromatic rings. The zero-order valence-electron chi connectivity index (χ0n) is 14.4. The minimum atomic E-state index is -0.00522. The molecule has 1 atom stereocenters. The zero-order valence-corrected chi connectivity index (χ0v) is 14.4. The Morgan fingerprint density at radius 2 is 1.92 bits per heavy atom. The van der Waals surface area contributed by atoms with Crippen LogP contribution in [0.2, 0.25) is 0 Å². The number of carbonyl (C=O) groups excluding carboxylic acids is 2. The van der Waals surface area contributed by atoms with Gasteiger partial charge in [0.15, 0.2) is 0 Å². The van der Waals surface area contributed by atoms with Crippen molar-refractivity contribution in [2.75, 3.05) is 26.2 Å². The SMILES string of the molecule is Cc1ccccc1C(=O)NC1CCN(C(=O)C2CCCNC2)CC1. The van der Waals surface area contributed by atoms with E-state index in [2.05, 4.69) is 10.6 Å². The first kappa shape index (κ1) is 17.0. The van der Waals surface area contributed by atoms with Crippen LogP contribution in [0.3, 0.4) is 0 Å². The van der Waals surface area contributed by atoms with E-state index in [9.17, 15) is 9.59 Å². The van der Waals surface area contributed by atoms with E-state index in [1.165, 1.54) is 0 Å². The molecule has 2 saturated heterocycles. The molecule has 0 spiro atoms. The normalized spacial score (nSPS) is 22.2. The van der Waals surface area contributed by atoms with Crippen LogP contribution >= 0.6 is 0 Å². The van der Waals surface area contributed by atoms with Crippen molar-refractivity contribution in [2.24, 2.45) is 5.92 Å². The van der Waals surface area contributed by atoms with Crippen LogP contribution in [0.15, 0.2) is 24.3 Å². The average Bonchev–Trinajstić information content (AvgIpc) is 2.63. The summed E-state index contributed by atoms with van der Waals surface area (Å²) < 4.78 is 0. The van der Waals surface area contributed by atoms with Gasteiger partial charge in [0.1, 0.15) is 0 Å². The number of benzene rings is 1. The van der Waals surface area contributed by atoms with Crippen molar-refractivity contribution >= 4 is 11.8 Å². The highest BCUT2D eigenvalue weighted by Crippen LogP contribution is 2.18. The van der Waals surface area contributed by atoms with Crippen molar-refractivity contribution in [3.05, 3.63) is 35.4 Å². The van der Waals surface area contributed by atoms with E-state index in [0.29, 0.717) is 0 Å². The highest BCUT2D eigenvalue weighted by Gasteiger charge is 2.29. The molecule has 1 aromatic carbocycles. The number of carbonyl (C=O) groups is 2. The molecular weight excluding hydrogens is 302 g/mol. The number of amides is 2. The molecule has 0 radical (unpaired) electrons. The van der Waals surface area contributed by atoms with Gasteiger partial charge in [-0.05, 0) is 50.8 Å². The first-order chi connectivity index (χ1) is 11.6. The number of nitrogens with one attached hydrogen (secondary N) is 2. The van der Waals surface area contributed by atoms with Gasteiger partial charge in [0.25, 0.3) is 5.91 Å². The van der Waals surface area contributed by atoms with Crippen molar-refractivity contribution < 1.29 is 9.59 Å². The molecule has 0 bridgehead atoms. The monoisotopic (exact) mass is 329 g/mol. The van der Waals surface area contributed by atoms with Gasteiger partial charge < -0.3 is 15.5 Å². The minimum Gasteiger partial charge on any atom is -0.349 e. The maximum Gasteiger partial charge on any atom is 0.251 e. The molecule has 0 aromatic heterocycles. The van der Waals surface area contributed by atoms with Gasteiger partial charge in [-0.15, -0.1) is 0 Å². The fraction of sp³-hybridized carbons (Fsp3) is 0.579. The lowest BCUT2D eigenvalue weighted by molar-refractivity contribution is -0.137. The summed E-state index contributed by atoms with van der Waals surface area (Å²) >= 11 is 0. The zero-order chi connectivity index (χ0) is 16.9. The van der Waals surface area contributed by atoms with Crippen molar-refractivity contribution in [2.45, 2.75) is 38.6 Å². The van der Waals surface area contributed by atoms with Gasteiger partial charge in [-0.3, -0.25) is 9.59 Å². The second-order valence-corrected chi connectivity index (χ2v) is 6.93. The van der Waals surface area contributed by atoms with E-state index in [0.717, 1.165) is 63.0 Å². The highest BCUT2D eigenvalue weighted by molar-refractivity contribution is 5.95. The Labute approximate surface area is 143 Å². The van der Waals surface area contributed by atoms with Crippen LogP contribution in [0, 0.1) is 12.8 Å². The average molecular weight is 329 g/mol. The summed E-state index contributed by atoms with van der Waals surface area (Å²) in [6, 6.07) is 7.80. The lowest BCUT2D eigenvalue weighted by Crippen LogP contribution is -2.50. The summed E-state index contributed by atoms with van der Waals surface area (Å²) in [5.74, 6) is 0.414. The van der Waals surface area contributed by atoms with Crippen LogP contribution in [0.4, 0.5) is 0 Å². The first-order valence-corrected chi connectivity index (χ1v) is 9.01. The van der Waals surface area contributed by atoms with Gasteiger partial charge in [0, 0.05) is 31.2 Å². The van der Waals surface area contributed by atoms with Crippen molar-refractivity contribution in [3.63, 3.8) is 0 Å². The van der Waals surface area contributed by atoms with Gasteiger partial charge in [0.2, 0.25) is 5.91 Å². The van der Waals surface area contributed by atoms with Gasteiger partial charge in [-0.25, -0.2) is 0 Å². The van der Waals surface area contributed by atoms with Crippen LogP contribution in [0.5, 0.6) is 0 Å². The van der Waals surface area contributed by atoms with Crippen LogP contribution in [0.25, 0.3) is 0 Å². The largest absolute Gasteiger partial charge is 0.349 e. The highest BCUT2D eigenvalue weighted by atomic mass is 16.2. The Morgan fingerprint density at radius 1 is 1.17 bits per heavy atom. The van der Waals surface area contributed by atoms with E-state index in [-0.39, 0.29) is 23.8 Å². The Hall–Kier alpha value is -1.88. The molecular formula is C19H27N3O2. The second-order valence-electron chi connectivity index (χ2n) is 6.93. The molecule has 0 saturated carbocycles. The molecule has 24 heavy (non-hydrogen) atoms. The van der Waals surface area contributed by atoms with Crippen LogP contribution in [-0.4, -0.2) is 48.9 Å². The summed E-state index contributed by atoms with van der Waals surface area (Å²) in [5.41, 5.74) is 1.73. The Kier molecular flexibility index (Phi) is 5.51. The van der Waals surface area contributed by atoms with Crippen molar-refractivity contribution in [1.82, 2.24) is 15.5 Å². The molecule has 2 fully saturated rings. The molecule has 1 unspecified atom stereocenters. The Balaban J connectivity index is 1.49. The quantitative estimate of drug-likeness (QED) is 0.887. The summed E-state index contributed by atoms with van der Waals surface area (Å²) in [6.45, 7) is 5.27. The number of rotatable bonds is 3. The summed E-state index contributed by atoms with van der Waals surface area (Å²) in [7, 11) is 0. The molecule has 2 N–H and O–H groups in total. The minimum absolute atomic E-state index is 0.00522. The summed E-state index contributed by atoms with van der Waals surface area (Å²) in [6.07, 6.45) is 3.75. The maximum absolute atomic E-state index is 12.5. The van der Waals surface area contributed by atoms with Crippen molar-refractivity contribution in [3.8, 4) is 0 Å². The third-order valence-corrected chi connectivity index (χ3v) is 5.18. The molecule has 0 aliphatic carbocycles. The number of likely N-dealkylation sites (tertiary alicyclic amines) is 1. The Bertz CT molecular complexity index is 588. The first-order valence-electron chi connectivity index (χ1n) is 9.01. The van der Waals surface area contributed by atoms with E-state index in [1.54, 1.807) is 0 Å². The predicted molar refractivity (Wildman–Crippen MR) is 93.8 cm³/mol. The third kappa shape index (κ3) is 3.96. The summed E-state index contributed by atoms with van der Waals surface area (Å²) in [5, 5.41) is 6.43. The van der Waals surface area contributed by atoms with E-state index < -0.39 is 0 Å². The lowest BCUT2D eigenvalue weighted by Gasteiger charge is -2.35. The fourth-order valence-corrected chi connectivity index (χ4v) is 3.66. The molecule has 2 aliphatic rings. The van der Waals surface area contributed by atoms with E-state index >= 15 is 0 Å². The van der Waals surface area contributed by atoms with Crippen molar-refractivity contribution in [1.29, 1.82) is 0 Å². The van der Waals surface area contributed by atoms with Gasteiger partial charge in [0.05, 0.1) is 5.92 Å². The second kappa shape index (κ2) is 7.79. The van der Waals surface area contributed by atoms with Gasteiger partial charge in [-0.2, -0.15) is 0 Å².